The number of ether oxygens (including phenoxy) is 1. The van der Waals surface area contributed by atoms with Crippen LogP contribution in [0.5, 0.6) is 0 Å². The molecule has 1 aromatic heterocycles. The van der Waals surface area contributed by atoms with Crippen LogP contribution in [0, 0.1) is 0 Å². The van der Waals surface area contributed by atoms with Gasteiger partial charge in [-0.25, -0.2) is 4.98 Å². The molecule has 0 radical (unpaired) electrons. The zero-order valence-corrected chi connectivity index (χ0v) is 11.7. The number of imidazole rings is 1. The molecule has 1 aliphatic heterocycles. The summed E-state index contributed by atoms with van der Waals surface area (Å²) in [6, 6.07) is 18.6. The minimum atomic E-state index is -0.00800. The number of nitrogens with zero attached hydrogens (tertiary/aromatic N) is 2. The van der Waals surface area contributed by atoms with Crippen LogP contribution in [0.25, 0.3) is 16.7 Å². The first-order valence-electron chi connectivity index (χ1n) is 7.28. The smallest absolute Gasteiger partial charge is 0.145 e. The highest BCUT2D eigenvalue weighted by Gasteiger charge is 2.23. The number of aromatic nitrogens is 2. The molecule has 0 aliphatic carbocycles. The van der Waals surface area contributed by atoms with Gasteiger partial charge in [-0.15, -0.1) is 0 Å². The van der Waals surface area contributed by atoms with Gasteiger partial charge >= 0.3 is 0 Å². The van der Waals surface area contributed by atoms with Crippen LogP contribution in [0.3, 0.4) is 0 Å². The maximum atomic E-state index is 5.91. The fourth-order valence-corrected chi connectivity index (χ4v) is 2.84. The summed E-state index contributed by atoms with van der Waals surface area (Å²) in [6.45, 7) is 2.43. The average Bonchev–Trinajstić information content (AvgIpc) is 2.96. The standard InChI is InChI=1S/C17H17N3O/c1-2-6-13(7-3-1)20-15-9-5-4-8-14(15)19-17(20)16-12-18-10-11-21-16/h1-9,16,18H,10-12H2. The lowest BCUT2D eigenvalue weighted by molar-refractivity contribution is 0.0215. The first-order valence-corrected chi connectivity index (χ1v) is 7.28. The molecule has 106 valence electrons. The molecular formula is C17H17N3O. The van der Waals surface area contributed by atoms with E-state index in [4.69, 9.17) is 9.72 Å². The Balaban J connectivity index is 1.92. The van der Waals surface area contributed by atoms with Gasteiger partial charge in [0.25, 0.3) is 0 Å². The van der Waals surface area contributed by atoms with Gasteiger partial charge in [0.1, 0.15) is 11.9 Å². The average molecular weight is 279 g/mol. The van der Waals surface area contributed by atoms with E-state index in [1.54, 1.807) is 0 Å². The van der Waals surface area contributed by atoms with E-state index in [0.717, 1.165) is 42.2 Å². The van der Waals surface area contributed by atoms with Crippen molar-refractivity contribution in [3.63, 3.8) is 0 Å². The molecule has 0 saturated carbocycles. The Morgan fingerprint density at radius 3 is 2.67 bits per heavy atom. The highest BCUT2D eigenvalue weighted by molar-refractivity contribution is 5.78. The summed E-state index contributed by atoms with van der Waals surface area (Å²) in [6.07, 6.45) is -0.00800. The second-order valence-electron chi connectivity index (χ2n) is 5.19. The molecule has 4 heteroatoms. The Kier molecular flexibility index (Phi) is 3.18. The third-order valence-electron chi connectivity index (χ3n) is 3.82. The van der Waals surface area contributed by atoms with Crippen molar-refractivity contribution >= 4 is 11.0 Å². The largest absolute Gasteiger partial charge is 0.368 e. The molecule has 1 saturated heterocycles. The highest BCUT2D eigenvalue weighted by atomic mass is 16.5. The van der Waals surface area contributed by atoms with Crippen LogP contribution < -0.4 is 5.32 Å². The van der Waals surface area contributed by atoms with Gasteiger partial charge in [-0.3, -0.25) is 4.57 Å². The minimum Gasteiger partial charge on any atom is -0.368 e. The molecule has 4 rings (SSSR count). The van der Waals surface area contributed by atoms with Crippen molar-refractivity contribution in [3.8, 4) is 5.69 Å². The van der Waals surface area contributed by atoms with Gasteiger partial charge < -0.3 is 10.1 Å². The van der Waals surface area contributed by atoms with Crippen LogP contribution in [-0.4, -0.2) is 29.2 Å². The number of para-hydroxylation sites is 3. The van der Waals surface area contributed by atoms with Crippen molar-refractivity contribution < 1.29 is 4.74 Å². The predicted octanol–water partition coefficient (Wildman–Crippen LogP) is 2.69. The zero-order chi connectivity index (χ0) is 14.1. The van der Waals surface area contributed by atoms with Crippen LogP contribution in [0.2, 0.25) is 0 Å². The third-order valence-corrected chi connectivity index (χ3v) is 3.82. The van der Waals surface area contributed by atoms with Gasteiger partial charge in [0.05, 0.1) is 17.6 Å². The van der Waals surface area contributed by atoms with Crippen molar-refractivity contribution in [2.24, 2.45) is 0 Å². The fourth-order valence-electron chi connectivity index (χ4n) is 2.84. The van der Waals surface area contributed by atoms with Crippen molar-refractivity contribution in [1.82, 2.24) is 14.9 Å². The number of morpholine rings is 1. The quantitative estimate of drug-likeness (QED) is 0.784. The topological polar surface area (TPSA) is 39.1 Å². The second kappa shape index (κ2) is 5.31. The summed E-state index contributed by atoms with van der Waals surface area (Å²) in [5.41, 5.74) is 3.24. The number of nitrogens with one attached hydrogen (secondary N) is 1. The van der Waals surface area contributed by atoms with E-state index in [-0.39, 0.29) is 6.10 Å². The van der Waals surface area contributed by atoms with Gasteiger partial charge in [0.2, 0.25) is 0 Å². The van der Waals surface area contributed by atoms with Gasteiger partial charge in [-0.1, -0.05) is 30.3 Å². The number of benzene rings is 2. The van der Waals surface area contributed by atoms with E-state index in [1.165, 1.54) is 0 Å². The lowest BCUT2D eigenvalue weighted by Gasteiger charge is -2.24. The van der Waals surface area contributed by atoms with Crippen LogP contribution >= 0.6 is 0 Å². The van der Waals surface area contributed by atoms with E-state index in [2.05, 4.69) is 34.1 Å². The third kappa shape index (κ3) is 2.22. The molecule has 0 amide bonds. The molecule has 2 heterocycles. The van der Waals surface area contributed by atoms with Crippen LogP contribution in [-0.2, 0) is 4.74 Å². The highest BCUT2D eigenvalue weighted by Crippen LogP contribution is 2.27. The van der Waals surface area contributed by atoms with E-state index in [1.807, 2.05) is 30.3 Å². The van der Waals surface area contributed by atoms with Crippen LogP contribution in [0.1, 0.15) is 11.9 Å². The van der Waals surface area contributed by atoms with E-state index >= 15 is 0 Å². The van der Waals surface area contributed by atoms with Gasteiger partial charge in [0, 0.05) is 18.8 Å². The minimum absolute atomic E-state index is 0.00800. The maximum Gasteiger partial charge on any atom is 0.145 e. The number of hydrogen-bond acceptors (Lipinski definition) is 3. The number of rotatable bonds is 2. The second-order valence-corrected chi connectivity index (χ2v) is 5.19. The first-order chi connectivity index (χ1) is 10.4. The summed E-state index contributed by atoms with van der Waals surface area (Å²) in [7, 11) is 0. The molecule has 21 heavy (non-hydrogen) atoms. The number of hydrogen-bond donors (Lipinski definition) is 1. The van der Waals surface area contributed by atoms with Gasteiger partial charge in [-0.2, -0.15) is 0 Å². The Morgan fingerprint density at radius 2 is 1.86 bits per heavy atom. The molecule has 1 N–H and O–H groups in total. The molecule has 1 fully saturated rings. The molecule has 1 unspecified atom stereocenters. The Labute approximate surface area is 123 Å². The summed E-state index contributed by atoms with van der Waals surface area (Å²) in [4.78, 5) is 4.81. The van der Waals surface area contributed by atoms with Crippen molar-refractivity contribution in [3.05, 3.63) is 60.4 Å². The van der Waals surface area contributed by atoms with E-state index < -0.39 is 0 Å². The molecule has 2 aromatic carbocycles. The Hall–Kier alpha value is -2.17. The lowest BCUT2D eigenvalue weighted by Crippen LogP contribution is -2.34. The summed E-state index contributed by atoms with van der Waals surface area (Å²) in [5, 5.41) is 3.38. The zero-order valence-electron chi connectivity index (χ0n) is 11.7. The molecular weight excluding hydrogens is 262 g/mol. The summed E-state index contributed by atoms with van der Waals surface area (Å²) < 4.78 is 8.11. The normalized spacial score (nSPS) is 19.0. The maximum absolute atomic E-state index is 5.91. The lowest BCUT2D eigenvalue weighted by atomic mass is 10.2. The van der Waals surface area contributed by atoms with Crippen LogP contribution in [0.15, 0.2) is 54.6 Å². The van der Waals surface area contributed by atoms with E-state index in [0.29, 0.717) is 0 Å². The predicted molar refractivity (Wildman–Crippen MR) is 82.6 cm³/mol. The van der Waals surface area contributed by atoms with Crippen molar-refractivity contribution in [2.45, 2.75) is 6.10 Å². The monoisotopic (exact) mass is 279 g/mol. The number of fused-ring (bicyclic) bond motifs is 1. The van der Waals surface area contributed by atoms with E-state index in [9.17, 15) is 0 Å². The first kappa shape index (κ1) is 12.6. The van der Waals surface area contributed by atoms with Crippen LogP contribution in [0.4, 0.5) is 0 Å². The molecule has 1 atom stereocenters. The Bertz CT molecular complexity index is 745. The summed E-state index contributed by atoms with van der Waals surface area (Å²) in [5.74, 6) is 0.967. The SMILES string of the molecule is c1ccc(-n2c(C3CNCCO3)nc3ccccc32)cc1. The molecule has 3 aromatic rings. The van der Waals surface area contributed by atoms with Gasteiger partial charge in [-0.05, 0) is 24.3 Å². The molecule has 0 spiro atoms. The molecule has 4 nitrogen and oxygen atoms in total. The molecule has 0 bridgehead atoms. The van der Waals surface area contributed by atoms with Gasteiger partial charge in [0.15, 0.2) is 0 Å². The fraction of sp³-hybridized carbons (Fsp3) is 0.235. The Morgan fingerprint density at radius 1 is 1.05 bits per heavy atom. The van der Waals surface area contributed by atoms with Crippen molar-refractivity contribution in [1.29, 1.82) is 0 Å². The summed E-state index contributed by atoms with van der Waals surface area (Å²) >= 11 is 0. The van der Waals surface area contributed by atoms with Crippen molar-refractivity contribution in [2.75, 3.05) is 19.7 Å². The molecule has 1 aliphatic rings.